The fourth-order valence-corrected chi connectivity index (χ4v) is 5.35. The molecule has 0 unspecified atom stereocenters. The molecule has 3 heteroatoms. The Kier molecular flexibility index (Phi) is 14.3. The van der Waals surface area contributed by atoms with Crippen molar-refractivity contribution in [1.29, 1.82) is 0 Å². The van der Waals surface area contributed by atoms with E-state index in [1.807, 2.05) is 56.3 Å². The summed E-state index contributed by atoms with van der Waals surface area (Å²) in [5, 5.41) is 0. The summed E-state index contributed by atoms with van der Waals surface area (Å²) in [6.07, 6.45) is 0. The fraction of sp³-hybridized carbons (Fsp3) is 0.359. The van der Waals surface area contributed by atoms with Gasteiger partial charge in [-0.2, -0.15) is 0 Å². The number of nitrogens with zero attached hydrogens (tertiary/aromatic N) is 1. The van der Waals surface area contributed by atoms with Crippen molar-refractivity contribution in [3.63, 3.8) is 0 Å². The zero-order chi connectivity index (χ0) is 27.5. The Morgan fingerprint density at radius 2 is 0.952 bits per heavy atom. The SMILES string of the molecule is C.C.C.CC.CC(C)(C)C1=Nc2ccccc2Oc2ccccc21.CC(C)(C)C1c2ccccc2-c2ccccc21.[B]. The molecule has 2 nitrogen and oxygen atoms in total. The van der Waals surface area contributed by atoms with Crippen molar-refractivity contribution in [2.24, 2.45) is 15.8 Å². The number of hydrogen-bond acceptors (Lipinski definition) is 2. The highest BCUT2D eigenvalue weighted by molar-refractivity contribution is 6.08. The van der Waals surface area contributed by atoms with Crippen LogP contribution in [0.15, 0.2) is 102 Å². The van der Waals surface area contributed by atoms with Crippen LogP contribution in [0.1, 0.15) is 100 Å². The van der Waals surface area contributed by atoms with Gasteiger partial charge in [0.2, 0.25) is 0 Å². The number of hydrogen-bond donors (Lipinski definition) is 0. The third kappa shape index (κ3) is 7.82. The smallest absolute Gasteiger partial charge is 0.153 e. The molecule has 1 heterocycles. The molecule has 3 radical (unpaired) electrons. The van der Waals surface area contributed by atoms with Gasteiger partial charge >= 0.3 is 0 Å². The number of fused-ring (bicyclic) bond motifs is 5. The molecule has 0 atom stereocenters. The maximum Gasteiger partial charge on any atom is 0.153 e. The van der Waals surface area contributed by atoms with Gasteiger partial charge in [-0.15, -0.1) is 0 Å². The first kappa shape index (κ1) is 38.4. The molecule has 0 spiro atoms. The van der Waals surface area contributed by atoms with E-state index >= 15 is 0 Å². The van der Waals surface area contributed by atoms with Crippen molar-refractivity contribution in [3.05, 3.63) is 114 Å². The molecule has 0 N–H and O–H groups in total. The lowest BCUT2D eigenvalue weighted by atomic mass is 9.75. The topological polar surface area (TPSA) is 21.6 Å². The zero-order valence-corrected chi connectivity index (χ0v) is 24.7. The predicted molar refractivity (Wildman–Crippen MR) is 189 cm³/mol. The molecule has 1 aliphatic heterocycles. The predicted octanol–water partition coefficient (Wildman–Crippen LogP) is 12.4. The van der Waals surface area contributed by atoms with E-state index in [9.17, 15) is 0 Å². The van der Waals surface area contributed by atoms with Crippen molar-refractivity contribution in [2.75, 3.05) is 0 Å². The van der Waals surface area contributed by atoms with Crippen LogP contribution in [-0.4, -0.2) is 14.1 Å². The van der Waals surface area contributed by atoms with Gasteiger partial charge in [0.05, 0.1) is 5.71 Å². The zero-order valence-electron chi connectivity index (χ0n) is 24.7. The highest BCUT2D eigenvalue weighted by Crippen LogP contribution is 2.52. The van der Waals surface area contributed by atoms with E-state index in [4.69, 9.17) is 9.73 Å². The number of rotatable bonds is 0. The highest BCUT2D eigenvalue weighted by atomic mass is 16.5. The third-order valence-electron chi connectivity index (χ3n) is 6.87. The van der Waals surface area contributed by atoms with E-state index in [0.717, 1.165) is 28.5 Å². The Morgan fingerprint density at radius 3 is 1.43 bits per heavy atom. The summed E-state index contributed by atoms with van der Waals surface area (Å²) in [4.78, 5) is 4.84. The average molecular weight is 563 g/mol. The minimum absolute atomic E-state index is 0. The Labute approximate surface area is 259 Å². The third-order valence-corrected chi connectivity index (χ3v) is 6.87. The largest absolute Gasteiger partial charge is 0.454 e. The summed E-state index contributed by atoms with van der Waals surface area (Å²) < 4.78 is 6.01. The Morgan fingerprint density at radius 1 is 0.548 bits per heavy atom. The lowest BCUT2D eigenvalue weighted by Crippen LogP contribution is -2.21. The highest BCUT2D eigenvalue weighted by Gasteiger charge is 2.36. The summed E-state index contributed by atoms with van der Waals surface area (Å²) in [5.41, 5.74) is 9.08. The van der Waals surface area contributed by atoms with E-state index in [-0.39, 0.29) is 41.5 Å². The van der Waals surface area contributed by atoms with E-state index < -0.39 is 0 Å². The van der Waals surface area contributed by atoms with Gasteiger partial charge < -0.3 is 4.74 Å². The molecule has 42 heavy (non-hydrogen) atoms. The summed E-state index contributed by atoms with van der Waals surface area (Å²) in [5.74, 6) is 2.21. The molecule has 0 bridgehead atoms. The van der Waals surface area contributed by atoms with Crippen molar-refractivity contribution in [2.45, 2.75) is 83.6 Å². The first-order chi connectivity index (χ1) is 18.1. The van der Waals surface area contributed by atoms with Crippen LogP contribution in [0.4, 0.5) is 5.69 Å². The van der Waals surface area contributed by atoms with Crippen molar-refractivity contribution >= 4 is 19.8 Å². The molecule has 0 saturated carbocycles. The molecule has 6 rings (SSSR count). The molecule has 0 saturated heterocycles. The van der Waals surface area contributed by atoms with Crippen molar-refractivity contribution in [1.82, 2.24) is 0 Å². The second kappa shape index (κ2) is 15.6. The van der Waals surface area contributed by atoms with Crippen LogP contribution >= 0.6 is 0 Å². The first-order valence-corrected chi connectivity index (χ1v) is 13.8. The van der Waals surface area contributed by atoms with Crippen LogP contribution < -0.4 is 4.74 Å². The molecular formula is C39H53BNO. The first-order valence-electron chi connectivity index (χ1n) is 13.8. The second-order valence-electron chi connectivity index (χ2n) is 11.7. The van der Waals surface area contributed by atoms with Crippen LogP contribution in [0, 0.1) is 10.8 Å². The maximum absolute atomic E-state index is 6.01. The van der Waals surface area contributed by atoms with Gasteiger partial charge in [-0.1, -0.05) is 150 Å². The minimum Gasteiger partial charge on any atom is -0.454 e. The Hall–Kier alpha value is -3.59. The van der Waals surface area contributed by atoms with Gasteiger partial charge in [-0.25, -0.2) is 4.99 Å². The van der Waals surface area contributed by atoms with E-state index in [1.54, 1.807) is 0 Å². The average Bonchev–Trinajstić information content (AvgIpc) is 3.14. The number of aliphatic imine (C=N–C) groups is 1. The van der Waals surface area contributed by atoms with Crippen LogP contribution in [-0.2, 0) is 0 Å². The summed E-state index contributed by atoms with van der Waals surface area (Å²) in [6.45, 7) is 17.5. The molecule has 0 amide bonds. The van der Waals surface area contributed by atoms with Gasteiger partial charge in [-0.05, 0) is 51.9 Å². The Bertz CT molecular complexity index is 1390. The van der Waals surface area contributed by atoms with Crippen molar-refractivity contribution < 1.29 is 4.74 Å². The molecule has 1 aliphatic carbocycles. The molecular weight excluding hydrogens is 509 g/mol. The number of ether oxygens (including phenoxy) is 1. The lowest BCUT2D eigenvalue weighted by Gasteiger charge is -2.29. The molecule has 0 aromatic heterocycles. The van der Waals surface area contributed by atoms with Crippen LogP contribution in [0.5, 0.6) is 11.5 Å². The van der Waals surface area contributed by atoms with E-state index in [1.165, 1.54) is 22.3 Å². The van der Waals surface area contributed by atoms with Crippen LogP contribution in [0.2, 0.25) is 0 Å². The van der Waals surface area contributed by atoms with Gasteiger partial charge in [0.15, 0.2) is 5.75 Å². The van der Waals surface area contributed by atoms with Crippen molar-refractivity contribution in [3.8, 4) is 22.6 Å². The van der Waals surface area contributed by atoms with Gasteiger partial charge in [0.25, 0.3) is 0 Å². The van der Waals surface area contributed by atoms with Gasteiger partial charge in [0.1, 0.15) is 11.4 Å². The second-order valence-corrected chi connectivity index (χ2v) is 11.7. The Balaban J connectivity index is 0.000000696. The number of para-hydroxylation sites is 3. The number of benzene rings is 4. The minimum atomic E-state index is -0.0308. The van der Waals surface area contributed by atoms with Gasteiger partial charge in [-0.3, -0.25) is 0 Å². The molecule has 4 aromatic rings. The normalized spacial score (nSPS) is 12.2. The quantitative estimate of drug-likeness (QED) is 0.195. The van der Waals surface area contributed by atoms with E-state index in [2.05, 4.69) is 96.1 Å². The molecule has 0 fully saturated rings. The standard InChI is InChI=1S/C17H17NO.C17H18.C2H6.3CH4.B/c1-17(2,3)16-12-8-4-6-10-14(12)19-15-11-7-5-9-13(15)18-16;1-17(2,3)16-14-10-6-4-8-12(14)13-9-5-7-11-15(13)16;1-2;;;;/h4-11H,1-3H3;4-11,16H,1-3H3;1-2H3;3*1H4;. The summed E-state index contributed by atoms with van der Waals surface area (Å²) >= 11 is 0. The monoisotopic (exact) mass is 562 g/mol. The van der Waals surface area contributed by atoms with Crippen LogP contribution in [0.3, 0.4) is 0 Å². The maximum atomic E-state index is 6.01. The molecule has 223 valence electrons. The summed E-state index contributed by atoms with van der Waals surface area (Å²) in [7, 11) is 0. The van der Waals surface area contributed by atoms with E-state index in [0.29, 0.717) is 5.92 Å². The molecule has 2 aliphatic rings. The lowest BCUT2D eigenvalue weighted by molar-refractivity contribution is 0.363. The molecule has 4 aromatic carbocycles. The fourth-order valence-electron chi connectivity index (χ4n) is 5.35. The van der Waals surface area contributed by atoms with Crippen LogP contribution in [0.25, 0.3) is 11.1 Å². The summed E-state index contributed by atoms with van der Waals surface area (Å²) in [6, 6.07) is 33.7. The van der Waals surface area contributed by atoms with Gasteiger partial charge in [0, 0.05) is 25.3 Å².